The summed E-state index contributed by atoms with van der Waals surface area (Å²) in [6.07, 6.45) is 2.44. The zero-order valence-corrected chi connectivity index (χ0v) is 11.2. The molecule has 19 heavy (non-hydrogen) atoms. The predicted octanol–water partition coefficient (Wildman–Crippen LogP) is 0.0316. The van der Waals surface area contributed by atoms with Gasteiger partial charge < -0.3 is 10.3 Å². The lowest BCUT2D eigenvalue weighted by atomic mass is 10.4. The number of hydrogen-bond acceptors (Lipinski definition) is 5. The Bertz CT molecular complexity index is 731. The second-order valence-corrected chi connectivity index (χ2v) is 4.61. The quantitative estimate of drug-likeness (QED) is 0.717. The van der Waals surface area contributed by atoms with E-state index in [4.69, 9.17) is 5.73 Å². The largest absolute Gasteiger partial charge is 0.369 e. The molecule has 3 aromatic rings. The Hall–Kier alpha value is -2.38. The summed E-state index contributed by atoms with van der Waals surface area (Å²) in [7, 11) is 3.83. The second-order valence-electron chi connectivity index (χ2n) is 4.61. The van der Waals surface area contributed by atoms with Crippen LogP contribution in [0.3, 0.4) is 0 Å². The topological polar surface area (TPSA) is 92.4 Å². The van der Waals surface area contributed by atoms with Crippen LogP contribution in [0, 0.1) is 6.92 Å². The van der Waals surface area contributed by atoms with Gasteiger partial charge in [0.15, 0.2) is 5.65 Å². The van der Waals surface area contributed by atoms with Gasteiger partial charge in [0, 0.05) is 27.1 Å². The smallest absolute Gasteiger partial charge is 0.202 e. The van der Waals surface area contributed by atoms with Crippen LogP contribution in [-0.2, 0) is 27.1 Å². The van der Waals surface area contributed by atoms with Crippen molar-refractivity contribution in [2.75, 3.05) is 5.73 Å². The maximum Gasteiger partial charge on any atom is 0.202 e. The summed E-state index contributed by atoms with van der Waals surface area (Å²) in [4.78, 5) is 4.37. The van der Waals surface area contributed by atoms with Crippen molar-refractivity contribution in [2.24, 2.45) is 14.1 Å². The fourth-order valence-corrected chi connectivity index (χ4v) is 2.32. The Morgan fingerprint density at radius 2 is 2.11 bits per heavy atom. The van der Waals surface area contributed by atoms with Crippen molar-refractivity contribution in [1.82, 2.24) is 34.1 Å². The van der Waals surface area contributed by atoms with E-state index in [1.807, 2.05) is 34.8 Å². The fraction of sp³-hybridized carbons (Fsp3) is 0.455. The number of fused-ring (bicyclic) bond motifs is 1. The average Bonchev–Trinajstić information content (AvgIpc) is 2.97. The van der Waals surface area contributed by atoms with Gasteiger partial charge in [-0.2, -0.15) is 5.10 Å². The van der Waals surface area contributed by atoms with Crippen molar-refractivity contribution in [3.05, 3.63) is 17.8 Å². The van der Waals surface area contributed by atoms with E-state index in [2.05, 4.69) is 20.3 Å². The molecule has 8 heteroatoms. The summed E-state index contributed by atoms with van der Waals surface area (Å²) in [6, 6.07) is 0. The van der Waals surface area contributed by atoms with Crippen LogP contribution in [0.5, 0.6) is 0 Å². The lowest BCUT2D eigenvalue weighted by molar-refractivity contribution is 0.645. The first-order chi connectivity index (χ1) is 9.08. The number of nitrogen functional groups attached to an aromatic ring is 1. The Morgan fingerprint density at radius 1 is 1.32 bits per heavy atom. The molecule has 0 bridgehead atoms. The van der Waals surface area contributed by atoms with E-state index in [-0.39, 0.29) is 0 Å². The molecule has 3 heterocycles. The molecular weight excluding hydrogens is 244 g/mol. The molecule has 0 saturated carbocycles. The minimum absolute atomic E-state index is 0.508. The number of aryl methyl sites for hydroxylation is 5. The van der Waals surface area contributed by atoms with Crippen LogP contribution in [0.1, 0.15) is 11.5 Å². The van der Waals surface area contributed by atoms with Gasteiger partial charge in [-0.3, -0.25) is 9.25 Å². The number of nitrogens with zero attached hydrogens (tertiary/aromatic N) is 7. The third-order valence-corrected chi connectivity index (χ3v) is 3.28. The highest BCUT2D eigenvalue weighted by Gasteiger charge is 2.15. The highest BCUT2D eigenvalue weighted by atomic mass is 15.3. The lowest BCUT2D eigenvalue weighted by Gasteiger charge is -2.06. The molecule has 8 nitrogen and oxygen atoms in total. The van der Waals surface area contributed by atoms with Gasteiger partial charge in [-0.15, -0.1) is 10.2 Å². The van der Waals surface area contributed by atoms with Crippen LogP contribution < -0.4 is 5.73 Å². The molecule has 0 unspecified atom stereocenters. The van der Waals surface area contributed by atoms with Crippen LogP contribution in [0.4, 0.5) is 5.95 Å². The first-order valence-electron chi connectivity index (χ1n) is 6.06. The molecule has 0 saturated heterocycles. The van der Waals surface area contributed by atoms with Crippen molar-refractivity contribution in [2.45, 2.75) is 19.9 Å². The minimum atomic E-state index is 0.508. The summed E-state index contributed by atoms with van der Waals surface area (Å²) in [6.45, 7) is 2.63. The van der Waals surface area contributed by atoms with Gasteiger partial charge in [-0.25, -0.2) is 4.98 Å². The van der Waals surface area contributed by atoms with E-state index in [0.717, 1.165) is 29.1 Å². The molecule has 0 aliphatic rings. The molecule has 0 radical (unpaired) electrons. The van der Waals surface area contributed by atoms with Gasteiger partial charge in [-0.05, 0) is 6.92 Å². The van der Waals surface area contributed by atoms with E-state index >= 15 is 0 Å². The van der Waals surface area contributed by atoms with Gasteiger partial charge in [0.25, 0.3) is 0 Å². The lowest BCUT2D eigenvalue weighted by Crippen LogP contribution is -2.10. The predicted molar refractivity (Wildman–Crippen MR) is 70.4 cm³/mol. The molecule has 3 rings (SSSR count). The maximum absolute atomic E-state index is 5.98. The van der Waals surface area contributed by atoms with Gasteiger partial charge in [0.1, 0.15) is 17.7 Å². The number of aromatic nitrogens is 7. The SMILES string of the molecule is Cc1nn(C)c2c1nc(N)n2CCc1nncn1C. The molecule has 3 aromatic heterocycles. The molecular formula is C11H16N8. The minimum Gasteiger partial charge on any atom is -0.369 e. The van der Waals surface area contributed by atoms with Crippen molar-refractivity contribution in [3.63, 3.8) is 0 Å². The normalized spacial score (nSPS) is 11.5. The zero-order chi connectivity index (χ0) is 13.6. The third kappa shape index (κ3) is 1.76. The number of nitrogens with two attached hydrogens (primary N) is 1. The van der Waals surface area contributed by atoms with Crippen LogP contribution in [0.2, 0.25) is 0 Å². The fourth-order valence-electron chi connectivity index (χ4n) is 2.32. The molecule has 100 valence electrons. The molecule has 0 atom stereocenters. The summed E-state index contributed by atoms with van der Waals surface area (Å²) in [5, 5.41) is 12.3. The van der Waals surface area contributed by atoms with Crippen LogP contribution in [0.15, 0.2) is 6.33 Å². The van der Waals surface area contributed by atoms with Crippen LogP contribution >= 0.6 is 0 Å². The van der Waals surface area contributed by atoms with E-state index < -0.39 is 0 Å². The van der Waals surface area contributed by atoms with Crippen LogP contribution in [0.25, 0.3) is 11.2 Å². The van der Waals surface area contributed by atoms with Gasteiger partial charge in [-0.1, -0.05) is 0 Å². The summed E-state index contributed by atoms with van der Waals surface area (Å²) in [5.74, 6) is 1.42. The zero-order valence-electron chi connectivity index (χ0n) is 11.2. The standard InChI is InChI=1S/C11H16N8/c1-7-9-10(18(3)16-7)19(11(12)14-9)5-4-8-15-13-6-17(8)2/h6H,4-5H2,1-3H3,(H2,12,14). The summed E-state index contributed by atoms with van der Waals surface area (Å²) in [5.41, 5.74) is 8.67. The van der Waals surface area contributed by atoms with Gasteiger partial charge in [0.05, 0.1) is 5.69 Å². The Morgan fingerprint density at radius 3 is 2.79 bits per heavy atom. The summed E-state index contributed by atoms with van der Waals surface area (Å²) >= 11 is 0. The van der Waals surface area contributed by atoms with E-state index in [1.54, 1.807) is 6.33 Å². The summed E-state index contributed by atoms with van der Waals surface area (Å²) < 4.78 is 5.67. The van der Waals surface area contributed by atoms with Gasteiger partial charge >= 0.3 is 0 Å². The molecule has 0 spiro atoms. The number of anilines is 1. The molecule has 0 aliphatic carbocycles. The molecule has 0 aliphatic heterocycles. The van der Waals surface area contributed by atoms with E-state index in [1.165, 1.54) is 0 Å². The number of rotatable bonds is 3. The highest BCUT2D eigenvalue weighted by Crippen LogP contribution is 2.20. The van der Waals surface area contributed by atoms with E-state index in [0.29, 0.717) is 12.5 Å². The Balaban J connectivity index is 1.96. The Labute approximate surface area is 109 Å². The van der Waals surface area contributed by atoms with Gasteiger partial charge in [0.2, 0.25) is 5.95 Å². The molecule has 2 N–H and O–H groups in total. The maximum atomic E-state index is 5.98. The van der Waals surface area contributed by atoms with Crippen molar-refractivity contribution in [1.29, 1.82) is 0 Å². The van der Waals surface area contributed by atoms with Crippen molar-refractivity contribution < 1.29 is 0 Å². The van der Waals surface area contributed by atoms with Crippen molar-refractivity contribution >= 4 is 17.1 Å². The average molecular weight is 260 g/mol. The molecule has 0 fully saturated rings. The van der Waals surface area contributed by atoms with Crippen molar-refractivity contribution in [3.8, 4) is 0 Å². The highest BCUT2D eigenvalue weighted by molar-refractivity contribution is 5.77. The number of hydrogen-bond donors (Lipinski definition) is 1. The number of imidazole rings is 1. The third-order valence-electron chi connectivity index (χ3n) is 3.28. The Kier molecular flexibility index (Phi) is 2.51. The van der Waals surface area contributed by atoms with Crippen LogP contribution in [-0.4, -0.2) is 34.1 Å². The molecule has 0 aromatic carbocycles. The first-order valence-corrected chi connectivity index (χ1v) is 6.06. The monoisotopic (exact) mass is 260 g/mol. The molecule has 0 amide bonds. The van der Waals surface area contributed by atoms with E-state index in [9.17, 15) is 0 Å². The first kappa shape index (κ1) is 11.7. The second kappa shape index (κ2) is 4.08.